The predicted octanol–water partition coefficient (Wildman–Crippen LogP) is 1.07. The van der Waals surface area contributed by atoms with Gasteiger partial charge in [-0.1, -0.05) is 24.3 Å². The quantitative estimate of drug-likeness (QED) is 0.581. The molecule has 4 atom stereocenters. The highest BCUT2D eigenvalue weighted by atomic mass is 35.5. The Bertz CT molecular complexity index is 992. The smallest absolute Gasteiger partial charge is 0.240 e. The number of fused-ring (bicyclic) bond motifs is 1. The first-order valence-corrected chi connectivity index (χ1v) is 11.4. The Kier molecular flexibility index (Phi) is 7.69. The zero-order valence-electron chi connectivity index (χ0n) is 16.7. The van der Waals surface area contributed by atoms with E-state index in [0.29, 0.717) is 13.1 Å². The third kappa shape index (κ3) is 5.09. The van der Waals surface area contributed by atoms with Gasteiger partial charge in [0.15, 0.2) is 0 Å². The number of sulfonamides is 1. The van der Waals surface area contributed by atoms with Crippen LogP contribution in [0.25, 0.3) is 0 Å². The van der Waals surface area contributed by atoms with Gasteiger partial charge in [-0.15, -0.1) is 12.4 Å². The lowest BCUT2D eigenvalue weighted by atomic mass is 9.95. The van der Waals surface area contributed by atoms with E-state index in [1.807, 2.05) is 18.2 Å². The van der Waals surface area contributed by atoms with E-state index in [2.05, 4.69) is 15.7 Å². The van der Waals surface area contributed by atoms with Crippen molar-refractivity contribution >= 4 is 22.4 Å². The summed E-state index contributed by atoms with van der Waals surface area (Å²) in [7, 11) is -3.87. The first-order valence-electron chi connectivity index (χ1n) is 9.89. The van der Waals surface area contributed by atoms with Gasteiger partial charge in [-0.25, -0.2) is 17.5 Å². The highest BCUT2D eigenvalue weighted by molar-refractivity contribution is 7.89. The van der Waals surface area contributed by atoms with E-state index in [0.717, 1.165) is 24.1 Å². The Hall–Kier alpha value is -1.59. The van der Waals surface area contributed by atoms with Crippen LogP contribution in [0.3, 0.4) is 0 Å². The molecule has 1 fully saturated rings. The zero-order valence-corrected chi connectivity index (χ0v) is 18.4. The Labute approximate surface area is 187 Å². The van der Waals surface area contributed by atoms with Gasteiger partial charge >= 0.3 is 0 Å². The fourth-order valence-corrected chi connectivity index (χ4v) is 5.30. The lowest BCUT2D eigenvalue weighted by Crippen LogP contribution is -2.52. The summed E-state index contributed by atoms with van der Waals surface area (Å²) in [5, 5.41) is 20.3. The molecule has 0 radical (unpaired) electrons. The van der Waals surface area contributed by atoms with Crippen molar-refractivity contribution < 1.29 is 27.8 Å². The van der Waals surface area contributed by atoms with E-state index in [9.17, 15) is 23.0 Å². The third-order valence-electron chi connectivity index (χ3n) is 5.82. The summed E-state index contributed by atoms with van der Waals surface area (Å²) in [5.41, 5.74) is 2.42. The molecule has 31 heavy (non-hydrogen) atoms. The molecule has 2 aliphatic heterocycles. The minimum atomic E-state index is -3.87. The number of hydrogen-bond donors (Lipinski definition) is 3. The van der Waals surface area contributed by atoms with E-state index in [1.54, 1.807) is 0 Å². The first-order chi connectivity index (χ1) is 14.4. The van der Waals surface area contributed by atoms with Crippen molar-refractivity contribution in [1.82, 2.24) is 9.62 Å². The molecule has 10 heteroatoms. The molecule has 0 amide bonds. The fourth-order valence-electron chi connectivity index (χ4n) is 4.26. The Morgan fingerprint density at radius 1 is 1.10 bits per heavy atom. The van der Waals surface area contributed by atoms with E-state index in [4.69, 9.17) is 4.74 Å². The summed E-state index contributed by atoms with van der Waals surface area (Å²) in [6.45, 7) is 0.876. The maximum Gasteiger partial charge on any atom is 0.240 e. The lowest BCUT2D eigenvalue weighted by molar-refractivity contribution is -0.0201. The van der Waals surface area contributed by atoms with Crippen molar-refractivity contribution in [2.45, 2.75) is 42.2 Å². The number of halogens is 2. The Morgan fingerprint density at radius 3 is 2.45 bits per heavy atom. The third-order valence-corrected chi connectivity index (χ3v) is 7.26. The minimum Gasteiger partial charge on any atom is -0.394 e. The average molecular weight is 473 g/mol. The van der Waals surface area contributed by atoms with Gasteiger partial charge in [0, 0.05) is 19.6 Å². The van der Waals surface area contributed by atoms with Crippen LogP contribution in [-0.4, -0.2) is 67.6 Å². The highest BCUT2D eigenvalue weighted by Crippen LogP contribution is 2.30. The van der Waals surface area contributed by atoms with E-state index >= 15 is 0 Å². The first kappa shape index (κ1) is 24.1. The number of hydrogen-bond acceptors (Lipinski definition) is 6. The molecule has 7 nitrogen and oxygen atoms in total. The largest absolute Gasteiger partial charge is 0.394 e. The topological polar surface area (TPSA) is 99.1 Å². The van der Waals surface area contributed by atoms with Crippen LogP contribution in [0.5, 0.6) is 0 Å². The molecule has 1 saturated heterocycles. The number of aliphatic hydroxyl groups is 2. The molecule has 170 valence electrons. The van der Waals surface area contributed by atoms with E-state index in [-0.39, 0.29) is 30.5 Å². The number of rotatable bonds is 6. The van der Waals surface area contributed by atoms with Crippen LogP contribution in [0.4, 0.5) is 4.39 Å². The Morgan fingerprint density at radius 2 is 1.77 bits per heavy atom. The molecule has 0 bridgehead atoms. The van der Waals surface area contributed by atoms with Crippen molar-refractivity contribution in [2.24, 2.45) is 0 Å². The maximum absolute atomic E-state index is 13.1. The molecular weight excluding hydrogens is 447 g/mol. The van der Waals surface area contributed by atoms with Crippen molar-refractivity contribution in [1.29, 1.82) is 0 Å². The number of aliphatic hydroxyl groups excluding tert-OH is 2. The van der Waals surface area contributed by atoms with E-state index in [1.165, 1.54) is 17.7 Å². The van der Waals surface area contributed by atoms with Crippen molar-refractivity contribution in [2.75, 3.05) is 19.7 Å². The van der Waals surface area contributed by atoms with Crippen LogP contribution in [-0.2, 0) is 27.7 Å². The summed E-state index contributed by atoms with van der Waals surface area (Å²) in [4.78, 5) is 2.03. The minimum absolute atomic E-state index is 0. The number of nitrogens with one attached hydrogen (secondary N) is 1. The molecular formula is C21H26ClFN2O5S. The summed E-state index contributed by atoms with van der Waals surface area (Å²) in [5.74, 6) is -0.521. The van der Waals surface area contributed by atoms with Gasteiger partial charge < -0.3 is 14.9 Å². The SMILES string of the molecule is Cl.O=S(=O)(NC[C@H]1O[C@@H](CO)[C@@H](O)[C@H]1N1CCc2ccccc2C1)c1ccc(F)cc1. The van der Waals surface area contributed by atoms with Gasteiger partial charge in [0.05, 0.1) is 23.6 Å². The number of benzene rings is 2. The van der Waals surface area contributed by atoms with Crippen LogP contribution in [0.2, 0.25) is 0 Å². The standard InChI is InChI=1S/C21H25FN2O5S.ClH/c22-16-5-7-17(8-6-16)30(27,28)23-11-18-20(21(26)19(13-25)29-18)24-10-9-14-3-1-2-4-15(14)12-24;/h1-8,18-21,23,25-26H,9-13H2;1H/t18-,19+,20+,21-;/m1./s1. The molecule has 0 aliphatic carbocycles. The average Bonchev–Trinajstić information content (AvgIpc) is 3.07. The Balaban J connectivity index is 0.00000272. The highest BCUT2D eigenvalue weighted by Gasteiger charge is 2.47. The van der Waals surface area contributed by atoms with Crippen LogP contribution in [0.1, 0.15) is 11.1 Å². The van der Waals surface area contributed by atoms with E-state index < -0.39 is 40.2 Å². The molecule has 0 saturated carbocycles. The van der Waals surface area contributed by atoms with Gasteiger partial charge in [0.25, 0.3) is 0 Å². The molecule has 0 spiro atoms. The van der Waals surface area contributed by atoms with Crippen molar-refractivity contribution in [3.8, 4) is 0 Å². The van der Waals surface area contributed by atoms with Gasteiger partial charge in [-0.05, 0) is 41.8 Å². The molecule has 0 unspecified atom stereocenters. The molecule has 4 rings (SSSR count). The number of nitrogens with zero attached hydrogens (tertiary/aromatic N) is 1. The van der Waals surface area contributed by atoms with Crippen LogP contribution >= 0.6 is 12.4 Å². The maximum atomic E-state index is 13.1. The van der Waals surface area contributed by atoms with Gasteiger partial charge in [-0.3, -0.25) is 4.90 Å². The van der Waals surface area contributed by atoms with Crippen LogP contribution in [0.15, 0.2) is 53.4 Å². The molecule has 2 aromatic rings. The van der Waals surface area contributed by atoms with Crippen molar-refractivity contribution in [3.05, 3.63) is 65.5 Å². The molecule has 2 aliphatic rings. The normalized spacial score (nSPS) is 26.3. The predicted molar refractivity (Wildman–Crippen MR) is 115 cm³/mol. The molecule has 0 aromatic heterocycles. The summed E-state index contributed by atoms with van der Waals surface area (Å²) in [6.07, 6.45) is -1.55. The number of ether oxygens (including phenoxy) is 1. The van der Waals surface area contributed by atoms with Gasteiger partial charge in [0.1, 0.15) is 18.0 Å². The van der Waals surface area contributed by atoms with Crippen molar-refractivity contribution in [3.63, 3.8) is 0 Å². The van der Waals surface area contributed by atoms with Crippen LogP contribution < -0.4 is 4.72 Å². The second kappa shape index (κ2) is 9.91. The van der Waals surface area contributed by atoms with Crippen LogP contribution in [0, 0.1) is 5.82 Å². The molecule has 2 heterocycles. The monoisotopic (exact) mass is 472 g/mol. The summed E-state index contributed by atoms with van der Waals surface area (Å²) in [6, 6.07) is 12.2. The second-order valence-corrected chi connectivity index (χ2v) is 9.44. The second-order valence-electron chi connectivity index (χ2n) is 7.67. The molecule has 3 N–H and O–H groups in total. The summed E-state index contributed by atoms with van der Waals surface area (Å²) >= 11 is 0. The lowest BCUT2D eigenvalue weighted by Gasteiger charge is -2.37. The molecule has 2 aromatic carbocycles. The summed E-state index contributed by atoms with van der Waals surface area (Å²) < 4.78 is 46.5. The van der Waals surface area contributed by atoms with Gasteiger partial charge in [-0.2, -0.15) is 0 Å². The van der Waals surface area contributed by atoms with Gasteiger partial charge in [0.2, 0.25) is 10.0 Å². The zero-order chi connectivity index (χ0) is 21.3. The fraction of sp³-hybridized carbons (Fsp3) is 0.429.